The van der Waals surface area contributed by atoms with Crippen LogP contribution in [-0.2, 0) is 17.9 Å². The summed E-state index contributed by atoms with van der Waals surface area (Å²) in [6.45, 7) is 2.78. The summed E-state index contributed by atoms with van der Waals surface area (Å²) < 4.78 is 14.0. The minimum atomic E-state index is -0.230. The lowest BCUT2D eigenvalue weighted by molar-refractivity contribution is -0.122. The Morgan fingerprint density at radius 2 is 1.73 bits per heavy atom. The first-order valence-electron chi connectivity index (χ1n) is 10.7. The molecular weight excluding hydrogens is 381 g/mol. The molecule has 1 saturated carbocycles. The molecule has 0 unspecified atom stereocenters. The number of benzene rings is 2. The predicted octanol–water partition coefficient (Wildman–Crippen LogP) is 3.34. The largest absolute Gasteiger partial charge is 0.351 e. The molecule has 0 bridgehead atoms. The highest BCUT2D eigenvalue weighted by Crippen LogP contribution is 2.28. The van der Waals surface area contributed by atoms with Crippen LogP contribution in [0.4, 0.5) is 4.39 Å². The van der Waals surface area contributed by atoms with E-state index in [1.54, 1.807) is 12.1 Å². The molecule has 0 atom stereocenters. The summed E-state index contributed by atoms with van der Waals surface area (Å²) in [5, 5.41) is 2.95. The van der Waals surface area contributed by atoms with Gasteiger partial charge in [-0.25, -0.2) is 4.39 Å². The first-order valence-corrected chi connectivity index (χ1v) is 10.7. The van der Waals surface area contributed by atoms with Crippen molar-refractivity contribution in [3.8, 4) is 0 Å². The number of nitrogens with zero attached hydrogens (tertiary/aromatic N) is 2. The lowest BCUT2D eigenvalue weighted by Crippen LogP contribution is -2.38. The van der Waals surface area contributed by atoms with Gasteiger partial charge in [-0.3, -0.25) is 14.5 Å². The van der Waals surface area contributed by atoms with Crippen molar-refractivity contribution in [3.05, 3.63) is 71.0 Å². The predicted molar refractivity (Wildman–Crippen MR) is 113 cm³/mol. The number of carbonyl (C=O) groups excluding carboxylic acids is 2. The third-order valence-corrected chi connectivity index (χ3v) is 5.83. The van der Waals surface area contributed by atoms with Crippen LogP contribution in [0.2, 0.25) is 0 Å². The Kier molecular flexibility index (Phi) is 6.43. The van der Waals surface area contributed by atoms with E-state index in [-0.39, 0.29) is 24.2 Å². The van der Waals surface area contributed by atoms with Gasteiger partial charge in [0, 0.05) is 43.3 Å². The molecule has 2 amide bonds. The molecule has 1 aliphatic carbocycles. The van der Waals surface area contributed by atoms with Crippen molar-refractivity contribution in [1.29, 1.82) is 0 Å². The molecule has 1 aliphatic heterocycles. The van der Waals surface area contributed by atoms with Gasteiger partial charge < -0.3 is 10.2 Å². The molecular formula is C24H28FN3O2. The molecule has 158 valence electrons. The fraction of sp³-hybridized carbons (Fsp3) is 0.417. The Morgan fingerprint density at radius 1 is 1.03 bits per heavy atom. The molecule has 1 N–H and O–H groups in total. The second kappa shape index (κ2) is 9.39. The standard InChI is InChI=1S/C24H28FN3O2/c25-22-6-2-1-5-20(22)16-28(21-11-12-21)17-23(29)26-15-18-7-9-19(10-8-18)24(30)27-13-3-4-14-27/h1-2,5-10,21H,3-4,11-17H2,(H,26,29). The van der Waals surface area contributed by atoms with E-state index in [2.05, 4.69) is 5.32 Å². The van der Waals surface area contributed by atoms with E-state index in [4.69, 9.17) is 0 Å². The number of hydrogen-bond donors (Lipinski definition) is 1. The van der Waals surface area contributed by atoms with E-state index >= 15 is 0 Å². The highest BCUT2D eigenvalue weighted by atomic mass is 19.1. The van der Waals surface area contributed by atoms with Gasteiger partial charge in [0.2, 0.25) is 5.91 Å². The quantitative estimate of drug-likeness (QED) is 0.728. The molecule has 6 heteroatoms. The molecule has 2 aliphatic rings. The van der Waals surface area contributed by atoms with E-state index in [0.29, 0.717) is 30.3 Å². The highest BCUT2D eigenvalue weighted by Gasteiger charge is 2.30. The lowest BCUT2D eigenvalue weighted by atomic mass is 10.1. The van der Waals surface area contributed by atoms with Crippen molar-refractivity contribution >= 4 is 11.8 Å². The number of nitrogens with one attached hydrogen (secondary N) is 1. The van der Waals surface area contributed by atoms with Crippen LogP contribution in [0.1, 0.15) is 47.2 Å². The van der Waals surface area contributed by atoms with Crippen molar-refractivity contribution in [2.45, 2.75) is 44.8 Å². The maximum Gasteiger partial charge on any atom is 0.253 e. The Hall–Kier alpha value is -2.73. The van der Waals surface area contributed by atoms with Crippen LogP contribution < -0.4 is 5.32 Å². The molecule has 30 heavy (non-hydrogen) atoms. The second-order valence-corrected chi connectivity index (χ2v) is 8.20. The average Bonchev–Trinajstić information content (AvgIpc) is 3.47. The topological polar surface area (TPSA) is 52.7 Å². The number of hydrogen-bond acceptors (Lipinski definition) is 3. The molecule has 0 radical (unpaired) electrons. The van der Waals surface area contributed by atoms with Gasteiger partial charge in [-0.15, -0.1) is 0 Å². The summed E-state index contributed by atoms with van der Waals surface area (Å²) in [6, 6.07) is 14.5. The number of halogens is 1. The van der Waals surface area contributed by atoms with E-state index in [9.17, 15) is 14.0 Å². The summed E-state index contributed by atoms with van der Waals surface area (Å²) in [5.74, 6) is -0.223. The normalized spacial score (nSPS) is 16.1. The minimum absolute atomic E-state index is 0.0736. The Labute approximate surface area is 176 Å². The van der Waals surface area contributed by atoms with Gasteiger partial charge >= 0.3 is 0 Å². The summed E-state index contributed by atoms with van der Waals surface area (Å²) >= 11 is 0. The van der Waals surface area contributed by atoms with Gasteiger partial charge in [-0.2, -0.15) is 0 Å². The van der Waals surface area contributed by atoms with Gasteiger partial charge in [0.15, 0.2) is 0 Å². The van der Waals surface area contributed by atoms with Crippen LogP contribution in [0.3, 0.4) is 0 Å². The zero-order valence-corrected chi connectivity index (χ0v) is 17.1. The maximum atomic E-state index is 14.0. The summed E-state index contributed by atoms with van der Waals surface area (Å²) in [4.78, 5) is 28.8. The van der Waals surface area contributed by atoms with Crippen LogP contribution >= 0.6 is 0 Å². The molecule has 2 fully saturated rings. The molecule has 1 saturated heterocycles. The summed E-state index contributed by atoms with van der Waals surface area (Å²) in [7, 11) is 0. The monoisotopic (exact) mass is 409 g/mol. The molecule has 0 aromatic heterocycles. The molecule has 2 aromatic rings. The third kappa shape index (κ3) is 5.25. The van der Waals surface area contributed by atoms with Crippen LogP contribution in [0, 0.1) is 5.82 Å². The van der Waals surface area contributed by atoms with Gasteiger partial charge in [0.05, 0.1) is 6.54 Å². The maximum absolute atomic E-state index is 14.0. The smallest absolute Gasteiger partial charge is 0.253 e. The lowest BCUT2D eigenvalue weighted by Gasteiger charge is -2.21. The van der Waals surface area contributed by atoms with Crippen LogP contribution in [0.25, 0.3) is 0 Å². The molecule has 5 nitrogen and oxygen atoms in total. The fourth-order valence-electron chi connectivity index (χ4n) is 3.91. The molecule has 4 rings (SSSR count). The average molecular weight is 410 g/mol. The Bertz CT molecular complexity index is 890. The van der Waals surface area contributed by atoms with Crippen LogP contribution in [0.15, 0.2) is 48.5 Å². The number of rotatable bonds is 8. The number of amides is 2. The first kappa shape index (κ1) is 20.5. The summed E-state index contributed by atoms with van der Waals surface area (Å²) in [5.41, 5.74) is 2.26. The minimum Gasteiger partial charge on any atom is -0.351 e. The van der Waals surface area contributed by atoms with Crippen LogP contribution in [-0.4, -0.2) is 47.3 Å². The van der Waals surface area contributed by atoms with Gasteiger partial charge in [-0.1, -0.05) is 30.3 Å². The SMILES string of the molecule is O=C(CN(Cc1ccccc1F)C1CC1)NCc1ccc(C(=O)N2CCCC2)cc1. The molecule has 2 aromatic carbocycles. The Balaban J connectivity index is 1.28. The molecule has 0 spiro atoms. The third-order valence-electron chi connectivity index (χ3n) is 5.83. The molecule has 1 heterocycles. The van der Waals surface area contributed by atoms with Gasteiger partial charge in [0.1, 0.15) is 5.82 Å². The van der Waals surface area contributed by atoms with Gasteiger partial charge in [-0.05, 0) is 49.4 Å². The Morgan fingerprint density at radius 3 is 2.40 bits per heavy atom. The highest BCUT2D eigenvalue weighted by molar-refractivity contribution is 5.94. The zero-order valence-electron chi connectivity index (χ0n) is 17.1. The van der Waals surface area contributed by atoms with Crippen molar-refractivity contribution in [3.63, 3.8) is 0 Å². The van der Waals surface area contributed by atoms with E-state index in [0.717, 1.165) is 44.3 Å². The zero-order chi connectivity index (χ0) is 20.9. The van der Waals surface area contributed by atoms with Crippen molar-refractivity contribution in [1.82, 2.24) is 15.1 Å². The van der Waals surface area contributed by atoms with Crippen molar-refractivity contribution in [2.75, 3.05) is 19.6 Å². The van der Waals surface area contributed by atoms with E-state index in [1.807, 2.05) is 40.1 Å². The fourth-order valence-corrected chi connectivity index (χ4v) is 3.91. The second-order valence-electron chi connectivity index (χ2n) is 8.20. The van der Waals surface area contributed by atoms with Crippen molar-refractivity contribution < 1.29 is 14.0 Å². The van der Waals surface area contributed by atoms with Crippen molar-refractivity contribution in [2.24, 2.45) is 0 Å². The van der Waals surface area contributed by atoms with E-state index in [1.165, 1.54) is 6.07 Å². The number of likely N-dealkylation sites (tertiary alicyclic amines) is 1. The van der Waals surface area contributed by atoms with Gasteiger partial charge in [0.25, 0.3) is 5.91 Å². The summed E-state index contributed by atoms with van der Waals surface area (Å²) in [6.07, 6.45) is 4.25. The van der Waals surface area contributed by atoms with E-state index < -0.39 is 0 Å². The van der Waals surface area contributed by atoms with Crippen LogP contribution in [0.5, 0.6) is 0 Å². The number of carbonyl (C=O) groups is 2. The first-order chi connectivity index (χ1) is 14.6.